The van der Waals surface area contributed by atoms with Gasteiger partial charge in [0, 0.05) is 23.8 Å². The maximum absolute atomic E-state index is 12.4. The van der Waals surface area contributed by atoms with Gasteiger partial charge in [0.1, 0.15) is 10.6 Å². The second-order valence-corrected chi connectivity index (χ2v) is 10.3. The molecule has 4 unspecified atom stereocenters. The van der Waals surface area contributed by atoms with E-state index < -0.39 is 5.60 Å². The zero-order valence-corrected chi connectivity index (χ0v) is 21.1. The Morgan fingerprint density at radius 2 is 2.06 bits per heavy atom. The summed E-state index contributed by atoms with van der Waals surface area (Å²) in [6.07, 6.45) is 4.63. The number of ether oxygens (including phenoxy) is 1. The number of hydrogen-bond donors (Lipinski definition) is 2. The molecule has 1 aliphatic carbocycles. The number of thiazole rings is 1. The van der Waals surface area contributed by atoms with Crippen molar-refractivity contribution in [2.75, 3.05) is 11.9 Å². The summed E-state index contributed by atoms with van der Waals surface area (Å²) in [6, 6.07) is 8.06. The van der Waals surface area contributed by atoms with Crippen LogP contribution in [0, 0.1) is 31.6 Å². The summed E-state index contributed by atoms with van der Waals surface area (Å²) in [4.78, 5) is 26.7. The van der Waals surface area contributed by atoms with Gasteiger partial charge in [-0.2, -0.15) is 0 Å². The minimum atomic E-state index is -1.06. The van der Waals surface area contributed by atoms with Crippen molar-refractivity contribution in [3.63, 3.8) is 0 Å². The summed E-state index contributed by atoms with van der Waals surface area (Å²) in [7, 11) is 0. The Labute approximate surface area is 204 Å². The van der Waals surface area contributed by atoms with Gasteiger partial charge in [-0.15, -0.1) is 11.3 Å². The molecular weight excluding hydrogens is 448 g/mol. The van der Waals surface area contributed by atoms with Crippen LogP contribution in [0.2, 0.25) is 0 Å². The third kappa shape index (κ3) is 4.83. The van der Waals surface area contributed by atoms with E-state index in [1.54, 1.807) is 6.20 Å². The number of aliphatic hydroxyl groups is 1. The summed E-state index contributed by atoms with van der Waals surface area (Å²) < 4.78 is 5.26. The Bertz CT molecular complexity index is 1180. The van der Waals surface area contributed by atoms with Crippen molar-refractivity contribution < 1.29 is 14.6 Å². The van der Waals surface area contributed by atoms with Crippen LogP contribution in [0.25, 0.3) is 10.4 Å². The van der Waals surface area contributed by atoms with Crippen LogP contribution in [0.5, 0.6) is 0 Å². The van der Waals surface area contributed by atoms with Crippen molar-refractivity contribution in [3.05, 3.63) is 52.9 Å². The summed E-state index contributed by atoms with van der Waals surface area (Å²) in [5.41, 5.74) is 2.84. The minimum absolute atomic E-state index is 0.00532. The summed E-state index contributed by atoms with van der Waals surface area (Å²) in [6.45, 7) is 10.2. The molecule has 7 nitrogen and oxygen atoms in total. The van der Waals surface area contributed by atoms with Crippen molar-refractivity contribution >= 4 is 28.9 Å². The monoisotopic (exact) mass is 480 g/mol. The van der Waals surface area contributed by atoms with Crippen molar-refractivity contribution in [2.45, 2.75) is 53.1 Å². The number of carbonyl (C=O) groups excluding carboxylic acids is 1. The van der Waals surface area contributed by atoms with E-state index in [9.17, 15) is 9.90 Å². The zero-order valence-electron chi connectivity index (χ0n) is 20.3. The molecule has 4 atom stereocenters. The molecule has 180 valence electrons. The highest BCUT2D eigenvalue weighted by Crippen LogP contribution is 2.49. The number of anilines is 2. The molecule has 2 N–H and O–H groups in total. The lowest BCUT2D eigenvalue weighted by Crippen LogP contribution is -2.46. The lowest BCUT2D eigenvalue weighted by molar-refractivity contribution is -0.159. The van der Waals surface area contributed by atoms with Crippen LogP contribution >= 0.6 is 11.3 Å². The van der Waals surface area contributed by atoms with Gasteiger partial charge in [0.05, 0.1) is 17.4 Å². The predicted molar refractivity (Wildman–Crippen MR) is 134 cm³/mol. The van der Waals surface area contributed by atoms with Gasteiger partial charge in [-0.05, 0) is 74.8 Å². The number of benzene rings is 1. The Morgan fingerprint density at radius 3 is 2.79 bits per heavy atom. The second kappa shape index (κ2) is 9.80. The highest BCUT2D eigenvalue weighted by atomic mass is 32.1. The van der Waals surface area contributed by atoms with Crippen LogP contribution in [0.15, 0.2) is 36.7 Å². The lowest BCUT2D eigenvalue weighted by Gasteiger charge is -2.43. The highest BCUT2D eigenvalue weighted by Gasteiger charge is 2.49. The maximum atomic E-state index is 12.4. The molecule has 8 heteroatoms. The Balaban J connectivity index is 1.57. The number of aryl methyl sites for hydroxylation is 2. The highest BCUT2D eigenvalue weighted by molar-refractivity contribution is 7.15. The van der Waals surface area contributed by atoms with Crippen LogP contribution in [0.4, 0.5) is 11.6 Å². The molecule has 3 aromatic rings. The fourth-order valence-corrected chi connectivity index (χ4v) is 5.90. The first kappa shape index (κ1) is 24.3. The average Bonchev–Trinajstić information content (AvgIpc) is 3.29. The first-order valence-electron chi connectivity index (χ1n) is 11.7. The predicted octanol–water partition coefficient (Wildman–Crippen LogP) is 5.39. The van der Waals surface area contributed by atoms with Gasteiger partial charge in [-0.1, -0.05) is 19.9 Å². The number of carbonyl (C=O) groups is 1. The topological polar surface area (TPSA) is 97.2 Å². The molecule has 1 aliphatic rings. The van der Waals surface area contributed by atoms with Gasteiger partial charge >= 0.3 is 5.97 Å². The number of nitrogens with zero attached hydrogens (tertiary/aromatic N) is 3. The molecule has 34 heavy (non-hydrogen) atoms. The van der Waals surface area contributed by atoms with Gasteiger partial charge < -0.3 is 15.2 Å². The first-order chi connectivity index (χ1) is 16.2. The SMILES string of the molecule is CCOC(=O)C1CCC(O)(c2ncc(-c3cc(C)cc(Nc4nccc(C)n4)c3)s2)C(C)C1C. The lowest BCUT2D eigenvalue weighted by atomic mass is 9.65. The molecule has 1 fully saturated rings. The summed E-state index contributed by atoms with van der Waals surface area (Å²) in [5, 5.41) is 15.6. The van der Waals surface area contributed by atoms with Gasteiger partial charge in [-0.25, -0.2) is 15.0 Å². The van der Waals surface area contributed by atoms with Gasteiger partial charge in [0.15, 0.2) is 0 Å². The number of nitrogens with one attached hydrogen (secondary N) is 1. The molecule has 0 radical (unpaired) electrons. The first-order valence-corrected chi connectivity index (χ1v) is 12.6. The molecule has 0 saturated heterocycles. The normalized spacial score (nSPS) is 24.6. The quantitative estimate of drug-likeness (QED) is 0.456. The number of rotatable bonds is 6. The van der Waals surface area contributed by atoms with E-state index in [4.69, 9.17) is 4.74 Å². The second-order valence-electron chi connectivity index (χ2n) is 9.23. The molecule has 2 aromatic heterocycles. The summed E-state index contributed by atoms with van der Waals surface area (Å²) >= 11 is 1.51. The smallest absolute Gasteiger partial charge is 0.309 e. The molecule has 1 saturated carbocycles. The Hall–Kier alpha value is -2.84. The fourth-order valence-electron chi connectivity index (χ4n) is 4.78. The van der Waals surface area contributed by atoms with Crippen molar-refractivity contribution in [1.82, 2.24) is 15.0 Å². The molecular formula is C26H32N4O3S. The van der Waals surface area contributed by atoms with Crippen LogP contribution in [-0.2, 0) is 15.1 Å². The van der Waals surface area contributed by atoms with Crippen molar-refractivity contribution in [3.8, 4) is 10.4 Å². The maximum Gasteiger partial charge on any atom is 0.309 e. The molecule has 2 heterocycles. The van der Waals surface area contributed by atoms with Crippen molar-refractivity contribution in [2.24, 2.45) is 17.8 Å². The fraction of sp³-hybridized carbons (Fsp3) is 0.462. The van der Waals surface area contributed by atoms with E-state index >= 15 is 0 Å². The molecule has 0 spiro atoms. The third-order valence-electron chi connectivity index (χ3n) is 6.89. The van der Waals surface area contributed by atoms with E-state index in [0.29, 0.717) is 30.4 Å². The van der Waals surface area contributed by atoms with E-state index in [1.165, 1.54) is 11.3 Å². The summed E-state index contributed by atoms with van der Waals surface area (Å²) in [5.74, 6) is 0.0687. The van der Waals surface area contributed by atoms with Gasteiger partial charge in [0.25, 0.3) is 0 Å². The zero-order chi connectivity index (χ0) is 24.5. The number of esters is 1. The van der Waals surface area contributed by atoms with E-state index in [2.05, 4.69) is 26.3 Å². The molecule has 4 rings (SSSR count). The minimum Gasteiger partial charge on any atom is -0.466 e. The average molecular weight is 481 g/mol. The molecule has 0 bridgehead atoms. The van der Waals surface area contributed by atoms with Crippen LogP contribution in [0.3, 0.4) is 0 Å². The molecule has 0 aliphatic heterocycles. The number of aromatic nitrogens is 3. The van der Waals surface area contributed by atoms with Crippen molar-refractivity contribution in [1.29, 1.82) is 0 Å². The largest absolute Gasteiger partial charge is 0.466 e. The van der Waals surface area contributed by atoms with Gasteiger partial charge in [0.2, 0.25) is 5.95 Å². The molecule has 0 amide bonds. The van der Waals surface area contributed by atoms with E-state index in [0.717, 1.165) is 27.4 Å². The van der Waals surface area contributed by atoms with Crippen LogP contribution in [-0.4, -0.2) is 32.6 Å². The van der Waals surface area contributed by atoms with Gasteiger partial charge in [-0.3, -0.25) is 4.79 Å². The Kier molecular flexibility index (Phi) is 7.00. The van der Waals surface area contributed by atoms with E-state index in [1.807, 2.05) is 59.0 Å². The third-order valence-corrected chi connectivity index (χ3v) is 8.10. The standard InChI is InChI=1S/C26H32N4O3S/c1-6-33-23(31)21-7-9-26(32,18(5)17(21)4)24-28-14-22(34-24)19-11-15(2)12-20(13-19)30-25-27-10-8-16(3)29-25/h8,10-14,17-18,21,32H,6-7,9H2,1-5H3,(H,27,29,30). The van der Waals surface area contributed by atoms with Crippen LogP contribution in [0.1, 0.15) is 49.9 Å². The number of hydrogen-bond acceptors (Lipinski definition) is 8. The van der Waals surface area contributed by atoms with E-state index in [-0.39, 0.29) is 23.7 Å². The molecule has 1 aromatic carbocycles. The Morgan fingerprint density at radius 1 is 1.26 bits per heavy atom. The van der Waals surface area contributed by atoms with Crippen LogP contribution < -0.4 is 5.32 Å².